The first-order valence-corrected chi connectivity index (χ1v) is 11.9. The van der Waals surface area contributed by atoms with Crippen molar-refractivity contribution < 1.29 is 9.53 Å². The summed E-state index contributed by atoms with van der Waals surface area (Å²) in [5.41, 5.74) is 0. The molecule has 4 heterocycles. The maximum Gasteiger partial charge on any atom is 0.251 e. The number of rotatable bonds is 7. The maximum absolute atomic E-state index is 12.8. The van der Waals surface area contributed by atoms with Crippen LogP contribution < -0.4 is 0 Å². The third kappa shape index (κ3) is 4.54. The second kappa shape index (κ2) is 9.59. The second-order valence-corrected chi connectivity index (χ2v) is 9.17. The molecule has 0 N–H and O–H groups in total. The van der Waals surface area contributed by atoms with Crippen molar-refractivity contribution in [2.75, 3.05) is 45.1 Å². The van der Waals surface area contributed by atoms with Crippen LogP contribution in [0.15, 0.2) is 5.16 Å². The summed E-state index contributed by atoms with van der Waals surface area (Å²) >= 11 is 1.82. The summed E-state index contributed by atoms with van der Waals surface area (Å²) in [6.07, 6.45) is 6.41. The number of piperidine rings is 1. The van der Waals surface area contributed by atoms with Gasteiger partial charge in [-0.2, -0.15) is 0 Å². The molecule has 0 saturated carbocycles. The van der Waals surface area contributed by atoms with E-state index in [4.69, 9.17) is 4.74 Å². The van der Waals surface area contributed by atoms with E-state index in [9.17, 15) is 4.79 Å². The average molecular weight is 408 g/mol. The fraction of sp³-hybridized carbons (Fsp3) is 0.850. The Morgan fingerprint density at radius 1 is 1.14 bits per heavy atom. The Hall–Kier alpha value is -1.12. The van der Waals surface area contributed by atoms with Gasteiger partial charge >= 0.3 is 0 Å². The number of likely N-dealkylation sites (tertiary alicyclic amines) is 2. The highest BCUT2D eigenvalue weighted by atomic mass is 32.2. The minimum Gasteiger partial charge on any atom is -0.368 e. The fourth-order valence-corrected chi connectivity index (χ4v) is 5.65. The van der Waals surface area contributed by atoms with Gasteiger partial charge in [-0.05, 0) is 58.5 Å². The quantitative estimate of drug-likeness (QED) is 0.647. The predicted octanol–water partition coefficient (Wildman–Crippen LogP) is 2.37. The number of carbonyl (C=O) groups excluding carboxylic acids is 1. The molecule has 4 rings (SSSR count). The van der Waals surface area contributed by atoms with Crippen LogP contribution in [-0.4, -0.2) is 81.7 Å². The zero-order valence-corrected chi connectivity index (χ0v) is 17.8. The van der Waals surface area contributed by atoms with Crippen molar-refractivity contribution in [3.05, 3.63) is 5.82 Å². The number of aromatic nitrogens is 3. The van der Waals surface area contributed by atoms with Gasteiger partial charge in [0.1, 0.15) is 11.9 Å². The monoisotopic (exact) mass is 407 g/mol. The van der Waals surface area contributed by atoms with Crippen molar-refractivity contribution >= 4 is 17.7 Å². The van der Waals surface area contributed by atoms with Crippen LogP contribution in [0.2, 0.25) is 0 Å². The molecule has 0 aliphatic carbocycles. The van der Waals surface area contributed by atoms with E-state index in [0.717, 1.165) is 75.2 Å². The first-order chi connectivity index (χ1) is 13.8. The summed E-state index contributed by atoms with van der Waals surface area (Å²) < 4.78 is 7.88. The lowest BCUT2D eigenvalue weighted by molar-refractivity contribution is -0.142. The van der Waals surface area contributed by atoms with Crippen LogP contribution in [0.25, 0.3) is 0 Å². The molecule has 1 aromatic heterocycles. The van der Waals surface area contributed by atoms with Gasteiger partial charge in [0.05, 0.1) is 0 Å². The summed E-state index contributed by atoms with van der Waals surface area (Å²) in [4.78, 5) is 17.3. The number of thioether (sulfide) groups is 1. The molecule has 3 fully saturated rings. The van der Waals surface area contributed by atoms with Gasteiger partial charge in [-0.3, -0.25) is 4.79 Å². The molecule has 0 aromatic carbocycles. The van der Waals surface area contributed by atoms with Crippen LogP contribution in [0.4, 0.5) is 0 Å². The van der Waals surface area contributed by atoms with E-state index in [1.165, 1.54) is 25.9 Å². The van der Waals surface area contributed by atoms with Crippen molar-refractivity contribution in [1.29, 1.82) is 0 Å². The molecular weight excluding hydrogens is 374 g/mol. The van der Waals surface area contributed by atoms with E-state index in [1.807, 2.05) is 16.7 Å². The molecule has 28 heavy (non-hydrogen) atoms. The number of hydrogen-bond acceptors (Lipinski definition) is 6. The molecule has 2 unspecified atom stereocenters. The first kappa shape index (κ1) is 20.2. The van der Waals surface area contributed by atoms with Crippen LogP contribution in [0.3, 0.4) is 0 Å². The number of hydrogen-bond donors (Lipinski definition) is 0. The van der Waals surface area contributed by atoms with Gasteiger partial charge in [0.15, 0.2) is 5.16 Å². The minimum absolute atomic E-state index is 0.171. The van der Waals surface area contributed by atoms with Crippen LogP contribution >= 0.6 is 11.8 Å². The Morgan fingerprint density at radius 3 is 2.75 bits per heavy atom. The molecule has 1 aromatic rings. The lowest BCUT2D eigenvalue weighted by atomic mass is 9.96. The minimum atomic E-state index is -0.223. The van der Waals surface area contributed by atoms with E-state index >= 15 is 0 Å². The highest BCUT2D eigenvalue weighted by Crippen LogP contribution is 2.30. The largest absolute Gasteiger partial charge is 0.368 e. The van der Waals surface area contributed by atoms with Crippen LogP contribution in [0, 0.1) is 0 Å². The summed E-state index contributed by atoms with van der Waals surface area (Å²) in [5.74, 6) is 2.56. The normalized spacial score (nSPS) is 26.2. The molecule has 156 valence electrons. The SMILES string of the molecule is CCn1c(SCCN2CCCC2)nnc1C1CCCN(C(=O)C2CCCO2)C1. The third-order valence-electron chi connectivity index (χ3n) is 6.20. The Morgan fingerprint density at radius 2 is 2.00 bits per heavy atom. The maximum atomic E-state index is 12.8. The van der Waals surface area contributed by atoms with Crippen LogP contribution in [0.5, 0.6) is 0 Å². The highest BCUT2D eigenvalue weighted by molar-refractivity contribution is 7.99. The molecule has 3 saturated heterocycles. The van der Waals surface area contributed by atoms with Crippen LogP contribution in [-0.2, 0) is 16.1 Å². The number of carbonyl (C=O) groups is 1. The molecule has 1 amide bonds. The summed E-state index contributed by atoms with van der Waals surface area (Å²) in [6, 6.07) is 0. The molecule has 8 heteroatoms. The Labute approximate surface area is 172 Å². The van der Waals surface area contributed by atoms with Crippen LogP contribution in [0.1, 0.15) is 57.2 Å². The van der Waals surface area contributed by atoms with Gasteiger partial charge in [0.2, 0.25) is 0 Å². The molecule has 3 aliphatic rings. The van der Waals surface area contributed by atoms with Gasteiger partial charge in [0.25, 0.3) is 5.91 Å². The zero-order valence-electron chi connectivity index (χ0n) is 17.0. The van der Waals surface area contributed by atoms with Crippen molar-refractivity contribution in [3.63, 3.8) is 0 Å². The topological polar surface area (TPSA) is 63.5 Å². The molecule has 7 nitrogen and oxygen atoms in total. The Kier molecular flexibility index (Phi) is 6.90. The first-order valence-electron chi connectivity index (χ1n) is 10.9. The van der Waals surface area contributed by atoms with E-state index in [0.29, 0.717) is 0 Å². The molecule has 0 bridgehead atoms. The summed E-state index contributed by atoms with van der Waals surface area (Å²) in [5, 5.41) is 10.1. The third-order valence-corrected chi connectivity index (χ3v) is 7.15. The van der Waals surface area contributed by atoms with E-state index in [2.05, 4.69) is 26.6 Å². The molecular formula is C20H33N5O2S. The fourth-order valence-electron chi connectivity index (χ4n) is 4.64. The van der Waals surface area contributed by atoms with E-state index in [-0.39, 0.29) is 17.9 Å². The summed E-state index contributed by atoms with van der Waals surface area (Å²) in [6.45, 7) is 8.95. The number of ether oxygens (including phenoxy) is 1. The summed E-state index contributed by atoms with van der Waals surface area (Å²) in [7, 11) is 0. The van der Waals surface area contributed by atoms with Crippen molar-refractivity contribution in [3.8, 4) is 0 Å². The van der Waals surface area contributed by atoms with Crippen molar-refractivity contribution in [2.24, 2.45) is 0 Å². The van der Waals surface area contributed by atoms with E-state index in [1.54, 1.807) is 0 Å². The number of nitrogens with zero attached hydrogens (tertiary/aromatic N) is 5. The van der Waals surface area contributed by atoms with Crippen molar-refractivity contribution in [2.45, 2.75) is 69.2 Å². The molecule has 0 radical (unpaired) electrons. The van der Waals surface area contributed by atoms with Crippen molar-refractivity contribution in [1.82, 2.24) is 24.6 Å². The average Bonchev–Trinajstić information content (AvgIpc) is 3.49. The second-order valence-electron chi connectivity index (χ2n) is 8.11. The van der Waals surface area contributed by atoms with E-state index < -0.39 is 0 Å². The Bertz CT molecular complexity index is 655. The molecule has 2 atom stereocenters. The van der Waals surface area contributed by atoms with Gasteiger partial charge in [0, 0.05) is 44.5 Å². The highest BCUT2D eigenvalue weighted by Gasteiger charge is 2.33. The van der Waals surface area contributed by atoms with Gasteiger partial charge in [-0.15, -0.1) is 10.2 Å². The lowest BCUT2D eigenvalue weighted by Crippen LogP contribution is -2.44. The Balaban J connectivity index is 1.37. The molecule has 3 aliphatic heterocycles. The van der Waals surface area contributed by atoms with Gasteiger partial charge in [-0.1, -0.05) is 11.8 Å². The molecule has 0 spiro atoms. The smallest absolute Gasteiger partial charge is 0.251 e. The zero-order chi connectivity index (χ0) is 19.3. The number of amides is 1. The predicted molar refractivity (Wildman–Crippen MR) is 110 cm³/mol. The standard InChI is InChI=1S/C20H33N5O2S/c1-2-25-18(21-22-20(25)28-14-12-23-9-3-4-10-23)16-7-5-11-24(15-16)19(26)17-8-6-13-27-17/h16-17H,2-15H2,1H3. The van der Waals surface area contributed by atoms with Gasteiger partial charge < -0.3 is 19.1 Å². The lowest BCUT2D eigenvalue weighted by Gasteiger charge is -2.33. The van der Waals surface area contributed by atoms with Gasteiger partial charge in [-0.25, -0.2) is 0 Å².